The van der Waals surface area contributed by atoms with Crippen LogP contribution in [0.15, 0.2) is 17.0 Å². The molecule has 1 aliphatic heterocycles. The van der Waals surface area contributed by atoms with E-state index in [1.165, 1.54) is 4.31 Å². The molecule has 1 fully saturated rings. The van der Waals surface area contributed by atoms with Gasteiger partial charge in [0.05, 0.1) is 5.69 Å². The summed E-state index contributed by atoms with van der Waals surface area (Å²) in [7, 11) is -4.02. The lowest BCUT2D eigenvalue weighted by Crippen LogP contribution is -2.47. The van der Waals surface area contributed by atoms with E-state index in [0.717, 1.165) is 25.3 Å². The number of nitrogens with two attached hydrogens (primary N) is 1. The van der Waals surface area contributed by atoms with Crippen LogP contribution in [0, 0.1) is 11.6 Å². The number of hydrogen-bond donors (Lipinski definition) is 1. The Morgan fingerprint density at radius 2 is 1.70 bits per heavy atom. The van der Waals surface area contributed by atoms with Gasteiger partial charge < -0.3 is 5.73 Å². The molecular weight excluding hydrogens is 286 g/mol. The number of nitrogen functional groups attached to an aromatic ring is 1. The molecule has 0 aliphatic carbocycles. The third kappa shape index (κ3) is 2.52. The van der Waals surface area contributed by atoms with Gasteiger partial charge >= 0.3 is 0 Å². The van der Waals surface area contributed by atoms with Crippen LogP contribution in [0.2, 0.25) is 0 Å². The van der Waals surface area contributed by atoms with Gasteiger partial charge in [-0.15, -0.1) is 0 Å². The van der Waals surface area contributed by atoms with Crippen molar-refractivity contribution in [2.45, 2.75) is 50.1 Å². The number of benzene rings is 1. The second-order valence-electron chi connectivity index (χ2n) is 5.27. The van der Waals surface area contributed by atoms with Crippen molar-refractivity contribution >= 4 is 15.7 Å². The SMILES string of the molecule is CC1CCCC(C)N1S(=O)(=O)c1cc(N)c(F)cc1F. The Morgan fingerprint density at radius 3 is 2.25 bits per heavy atom. The number of anilines is 1. The summed E-state index contributed by atoms with van der Waals surface area (Å²) in [5.74, 6) is -2.07. The molecule has 2 atom stereocenters. The third-order valence-electron chi connectivity index (χ3n) is 3.72. The lowest BCUT2D eigenvalue weighted by atomic mass is 10.0. The Hall–Kier alpha value is -1.21. The lowest BCUT2D eigenvalue weighted by molar-refractivity contribution is 0.203. The zero-order valence-corrected chi connectivity index (χ0v) is 12.3. The number of hydrogen-bond acceptors (Lipinski definition) is 3. The van der Waals surface area contributed by atoms with E-state index < -0.39 is 26.6 Å². The molecule has 20 heavy (non-hydrogen) atoms. The number of rotatable bonds is 2. The maximum atomic E-state index is 13.8. The van der Waals surface area contributed by atoms with E-state index in [4.69, 9.17) is 5.73 Å². The monoisotopic (exact) mass is 304 g/mol. The molecular formula is C13H18F2N2O2S. The summed E-state index contributed by atoms with van der Waals surface area (Å²) in [5, 5.41) is 0. The van der Waals surface area contributed by atoms with E-state index in [0.29, 0.717) is 6.07 Å². The van der Waals surface area contributed by atoms with Crippen LogP contribution in [0.25, 0.3) is 0 Å². The lowest BCUT2D eigenvalue weighted by Gasteiger charge is -2.37. The minimum atomic E-state index is -4.02. The van der Waals surface area contributed by atoms with Crippen LogP contribution in [-0.2, 0) is 10.0 Å². The molecule has 1 aliphatic rings. The standard InChI is InChI=1S/C13H18F2N2O2S/c1-8-4-3-5-9(2)17(8)20(18,19)13-7-12(16)10(14)6-11(13)15/h6-9H,3-5,16H2,1-2H3. The molecule has 0 radical (unpaired) electrons. The molecule has 1 aromatic rings. The van der Waals surface area contributed by atoms with Crippen molar-refractivity contribution in [3.05, 3.63) is 23.8 Å². The molecule has 4 nitrogen and oxygen atoms in total. The smallest absolute Gasteiger partial charge is 0.246 e. The van der Waals surface area contributed by atoms with Crippen molar-refractivity contribution in [2.24, 2.45) is 0 Å². The molecule has 2 unspecified atom stereocenters. The average Bonchev–Trinajstić information content (AvgIpc) is 2.33. The van der Waals surface area contributed by atoms with Crippen LogP contribution in [0.1, 0.15) is 33.1 Å². The number of sulfonamides is 1. The van der Waals surface area contributed by atoms with Gasteiger partial charge in [-0.1, -0.05) is 6.42 Å². The van der Waals surface area contributed by atoms with Crippen LogP contribution in [0.3, 0.4) is 0 Å². The van der Waals surface area contributed by atoms with Crippen molar-refractivity contribution in [3.8, 4) is 0 Å². The van der Waals surface area contributed by atoms with E-state index >= 15 is 0 Å². The maximum absolute atomic E-state index is 13.8. The fourth-order valence-electron chi connectivity index (χ4n) is 2.73. The molecule has 0 saturated carbocycles. The first-order valence-corrected chi connectivity index (χ1v) is 7.97. The molecule has 0 amide bonds. The van der Waals surface area contributed by atoms with Crippen molar-refractivity contribution in [2.75, 3.05) is 5.73 Å². The number of piperidine rings is 1. The Bertz CT molecular complexity index is 609. The van der Waals surface area contributed by atoms with E-state index in [1.807, 2.05) is 0 Å². The summed E-state index contributed by atoms with van der Waals surface area (Å²) < 4.78 is 53.5. The molecule has 112 valence electrons. The van der Waals surface area contributed by atoms with Gasteiger partial charge in [-0.2, -0.15) is 4.31 Å². The molecule has 1 aromatic carbocycles. The molecule has 0 aromatic heterocycles. The minimum Gasteiger partial charge on any atom is -0.396 e. The highest BCUT2D eigenvalue weighted by molar-refractivity contribution is 7.89. The highest BCUT2D eigenvalue weighted by Crippen LogP contribution is 2.31. The summed E-state index contributed by atoms with van der Waals surface area (Å²) >= 11 is 0. The van der Waals surface area contributed by atoms with E-state index in [-0.39, 0.29) is 17.8 Å². The Morgan fingerprint density at radius 1 is 1.15 bits per heavy atom. The third-order valence-corrected chi connectivity index (χ3v) is 5.86. The van der Waals surface area contributed by atoms with Gasteiger partial charge in [0, 0.05) is 18.2 Å². The molecule has 0 spiro atoms. The largest absolute Gasteiger partial charge is 0.396 e. The molecule has 1 heterocycles. The zero-order chi connectivity index (χ0) is 15.1. The van der Waals surface area contributed by atoms with E-state index in [9.17, 15) is 17.2 Å². The fourth-order valence-corrected chi connectivity index (χ4v) is 4.69. The van der Waals surface area contributed by atoms with Gasteiger partial charge in [0.25, 0.3) is 0 Å². The fraction of sp³-hybridized carbons (Fsp3) is 0.538. The van der Waals surface area contributed by atoms with Gasteiger partial charge in [-0.05, 0) is 32.8 Å². The van der Waals surface area contributed by atoms with Gasteiger partial charge in [0.2, 0.25) is 10.0 Å². The summed E-state index contributed by atoms with van der Waals surface area (Å²) in [6.07, 6.45) is 2.38. The second-order valence-corrected chi connectivity index (χ2v) is 7.08. The molecule has 7 heteroatoms. The van der Waals surface area contributed by atoms with Crippen LogP contribution < -0.4 is 5.73 Å². The summed E-state index contributed by atoms with van der Waals surface area (Å²) in [4.78, 5) is -0.558. The summed E-state index contributed by atoms with van der Waals surface area (Å²) in [6, 6.07) is 0.944. The predicted octanol–water partition coefficient (Wildman–Crippen LogP) is 2.50. The topological polar surface area (TPSA) is 63.4 Å². The minimum absolute atomic E-state index is 0.213. The first kappa shape index (κ1) is 15.2. The molecule has 2 N–H and O–H groups in total. The Kier molecular flexibility index (Phi) is 4.02. The van der Waals surface area contributed by atoms with E-state index in [1.54, 1.807) is 13.8 Å². The first-order chi connectivity index (χ1) is 9.25. The summed E-state index contributed by atoms with van der Waals surface area (Å²) in [5.41, 5.74) is 4.99. The van der Waals surface area contributed by atoms with Crippen molar-refractivity contribution < 1.29 is 17.2 Å². The molecule has 0 bridgehead atoms. The van der Waals surface area contributed by atoms with Crippen LogP contribution in [-0.4, -0.2) is 24.8 Å². The van der Waals surface area contributed by atoms with Crippen LogP contribution in [0.5, 0.6) is 0 Å². The molecule has 2 rings (SSSR count). The maximum Gasteiger partial charge on any atom is 0.246 e. The Balaban J connectivity index is 2.52. The van der Waals surface area contributed by atoms with Gasteiger partial charge in [0.1, 0.15) is 16.5 Å². The van der Waals surface area contributed by atoms with Gasteiger partial charge in [-0.25, -0.2) is 17.2 Å². The van der Waals surface area contributed by atoms with Crippen molar-refractivity contribution in [3.63, 3.8) is 0 Å². The highest BCUT2D eigenvalue weighted by atomic mass is 32.2. The second kappa shape index (κ2) is 5.29. The molecule has 1 saturated heterocycles. The highest BCUT2D eigenvalue weighted by Gasteiger charge is 2.37. The number of halogens is 2. The van der Waals surface area contributed by atoms with Crippen LogP contribution in [0.4, 0.5) is 14.5 Å². The predicted molar refractivity (Wildman–Crippen MR) is 72.6 cm³/mol. The van der Waals surface area contributed by atoms with Gasteiger partial charge in [-0.3, -0.25) is 0 Å². The Labute approximate surface area is 117 Å². The van der Waals surface area contributed by atoms with E-state index in [2.05, 4.69) is 0 Å². The van der Waals surface area contributed by atoms with Crippen molar-refractivity contribution in [1.29, 1.82) is 0 Å². The quantitative estimate of drug-likeness (QED) is 0.854. The van der Waals surface area contributed by atoms with Crippen molar-refractivity contribution in [1.82, 2.24) is 4.31 Å². The number of nitrogens with zero attached hydrogens (tertiary/aromatic N) is 1. The van der Waals surface area contributed by atoms with Crippen LogP contribution >= 0.6 is 0 Å². The normalized spacial score (nSPS) is 24.8. The average molecular weight is 304 g/mol. The zero-order valence-electron chi connectivity index (χ0n) is 11.4. The summed E-state index contributed by atoms with van der Waals surface area (Å²) in [6.45, 7) is 3.58. The van der Waals surface area contributed by atoms with Gasteiger partial charge in [0.15, 0.2) is 0 Å². The first-order valence-electron chi connectivity index (χ1n) is 6.53.